The molecule has 4 rings (SSSR count). The molecule has 0 aliphatic heterocycles. The van der Waals surface area contributed by atoms with Crippen molar-refractivity contribution in [2.45, 2.75) is 50.5 Å². The first-order chi connectivity index (χ1) is 20.4. The van der Waals surface area contributed by atoms with Crippen LogP contribution in [0, 0.1) is 0 Å². The second-order valence-electron chi connectivity index (χ2n) is 10.8. The lowest BCUT2D eigenvalue weighted by molar-refractivity contribution is 0.100. The zero-order chi connectivity index (χ0) is 31.2. The Morgan fingerprint density at radius 2 is 1.53 bits per heavy atom. The molecule has 43 heavy (non-hydrogen) atoms. The Labute approximate surface area is 252 Å². The quantitative estimate of drug-likeness (QED) is 0.193. The van der Waals surface area contributed by atoms with Gasteiger partial charge >= 0.3 is 0 Å². The molecule has 0 spiro atoms. The van der Waals surface area contributed by atoms with E-state index in [0.29, 0.717) is 23.5 Å². The maximum atomic E-state index is 13.7. The van der Waals surface area contributed by atoms with Crippen LogP contribution in [0.4, 0.5) is 5.82 Å². The number of methoxy groups -OCH3 is 2. The van der Waals surface area contributed by atoms with Gasteiger partial charge < -0.3 is 24.1 Å². The van der Waals surface area contributed by atoms with E-state index in [1.54, 1.807) is 79.9 Å². The van der Waals surface area contributed by atoms with Gasteiger partial charge in [0.05, 0.1) is 25.2 Å². The molecule has 0 bridgehead atoms. The lowest BCUT2D eigenvalue weighted by atomic mass is 9.87. The normalized spacial score (nSPS) is 12.3. The highest BCUT2D eigenvalue weighted by Crippen LogP contribution is 2.42. The molecule has 1 aromatic heterocycles. The third kappa shape index (κ3) is 7.74. The number of benzene rings is 3. The van der Waals surface area contributed by atoms with Crippen molar-refractivity contribution in [1.29, 1.82) is 0 Å². The smallest absolute Gasteiger partial charge is 0.263 e. The van der Waals surface area contributed by atoms with Crippen molar-refractivity contribution < 1.29 is 32.5 Å². The molecule has 3 aromatic carbocycles. The molecule has 4 aromatic rings. The van der Waals surface area contributed by atoms with Crippen LogP contribution >= 0.6 is 0 Å². The summed E-state index contributed by atoms with van der Waals surface area (Å²) in [6.45, 7) is 7.85. The molecule has 1 heterocycles. The van der Waals surface area contributed by atoms with Gasteiger partial charge in [0, 0.05) is 5.56 Å². The Balaban J connectivity index is 1.87. The minimum Gasteiger partial charge on any atom is -0.497 e. The van der Waals surface area contributed by atoms with Gasteiger partial charge in [0.25, 0.3) is 15.9 Å². The number of aliphatic hydroxyl groups is 1. The molecule has 0 saturated carbocycles. The molecule has 228 valence electrons. The van der Waals surface area contributed by atoms with Crippen LogP contribution in [-0.4, -0.2) is 50.4 Å². The Kier molecular flexibility index (Phi) is 9.77. The van der Waals surface area contributed by atoms with Crippen LogP contribution < -0.4 is 23.7 Å². The predicted octanol–water partition coefficient (Wildman–Crippen LogP) is 6.20. The molecule has 10 nitrogen and oxygen atoms in total. The predicted molar refractivity (Wildman–Crippen MR) is 165 cm³/mol. The molecule has 0 unspecified atom stereocenters. The van der Waals surface area contributed by atoms with Crippen molar-refractivity contribution >= 4 is 15.8 Å². The molecule has 0 amide bonds. The molecule has 11 heteroatoms. The number of hydrogen-bond donors (Lipinski definition) is 2. The number of hydrogen-bond acceptors (Lipinski definition) is 9. The van der Waals surface area contributed by atoms with Crippen LogP contribution in [0.15, 0.2) is 77.7 Å². The van der Waals surface area contributed by atoms with E-state index in [1.807, 2.05) is 6.92 Å². The maximum absolute atomic E-state index is 13.7. The standard InChI is InChI=1S/C32H37N3O7S/c1-7-23(36)20-41-31-28(42-27-11-9-8-10-26(27)40-6)30(33-29(34-31)21-12-16-24(39-5)17-13-21)35-43(37,38)25-18-14-22(15-19-25)32(2,3)4/h8-19,23,36H,7,20H2,1-6H3,(H,33,34,35)/t23-/m1/s1. The zero-order valence-corrected chi connectivity index (χ0v) is 25.9. The summed E-state index contributed by atoms with van der Waals surface area (Å²) in [4.78, 5) is 9.19. The number of para-hydroxylation sites is 2. The van der Waals surface area contributed by atoms with E-state index in [4.69, 9.17) is 18.9 Å². The first-order valence-electron chi connectivity index (χ1n) is 13.8. The number of sulfonamides is 1. The molecular formula is C32H37N3O7S. The largest absolute Gasteiger partial charge is 0.497 e. The third-order valence-corrected chi connectivity index (χ3v) is 7.96. The summed E-state index contributed by atoms with van der Waals surface area (Å²) >= 11 is 0. The van der Waals surface area contributed by atoms with Crippen molar-refractivity contribution in [2.75, 3.05) is 25.5 Å². The number of nitrogens with one attached hydrogen (secondary N) is 1. The van der Waals surface area contributed by atoms with E-state index in [-0.39, 0.29) is 45.9 Å². The van der Waals surface area contributed by atoms with Gasteiger partial charge in [-0.3, -0.25) is 4.72 Å². The highest BCUT2D eigenvalue weighted by molar-refractivity contribution is 7.92. The molecule has 0 aliphatic rings. The van der Waals surface area contributed by atoms with Crippen LogP contribution in [0.25, 0.3) is 11.4 Å². The van der Waals surface area contributed by atoms with Gasteiger partial charge in [0.2, 0.25) is 5.75 Å². The number of rotatable bonds is 12. The second kappa shape index (κ2) is 13.3. The minimum atomic E-state index is -4.14. The van der Waals surface area contributed by atoms with Gasteiger partial charge in [-0.25, -0.2) is 13.4 Å². The van der Waals surface area contributed by atoms with Crippen molar-refractivity contribution in [1.82, 2.24) is 9.97 Å². The van der Waals surface area contributed by atoms with Gasteiger partial charge in [-0.15, -0.1) is 0 Å². The summed E-state index contributed by atoms with van der Waals surface area (Å²) in [5, 5.41) is 10.3. The van der Waals surface area contributed by atoms with Crippen molar-refractivity contribution in [3.8, 4) is 40.3 Å². The van der Waals surface area contributed by atoms with E-state index in [1.165, 1.54) is 7.11 Å². The van der Waals surface area contributed by atoms with Crippen molar-refractivity contribution in [3.63, 3.8) is 0 Å². The zero-order valence-electron chi connectivity index (χ0n) is 25.1. The monoisotopic (exact) mass is 607 g/mol. The average Bonchev–Trinajstić information content (AvgIpc) is 3.00. The van der Waals surface area contributed by atoms with Gasteiger partial charge in [-0.05, 0) is 65.9 Å². The fraction of sp³-hybridized carbons (Fsp3) is 0.312. The second-order valence-corrected chi connectivity index (χ2v) is 12.4. The average molecular weight is 608 g/mol. The summed E-state index contributed by atoms with van der Waals surface area (Å²) in [6, 6.07) is 20.5. The van der Waals surface area contributed by atoms with Gasteiger partial charge in [0.1, 0.15) is 12.4 Å². The molecule has 2 N–H and O–H groups in total. The highest BCUT2D eigenvalue weighted by Gasteiger charge is 2.26. The topological polar surface area (TPSA) is 129 Å². The van der Waals surface area contributed by atoms with Crippen LogP contribution in [-0.2, 0) is 15.4 Å². The van der Waals surface area contributed by atoms with Gasteiger partial charge in [-0.2, -0.15) is 4.98 Å². The summed E-state index contributed by atoms with van der Waals surface area (Å²) < 4.78 is 52.8. The molecule has 0 saturated heterocycles. The van der Waals surface area contributed by atoms with E-state index < -0.39 is 16.1 Å². The minimum absolute atomic E-state index is 0.0391. The Hall–Kier alpha value is -4.35. The van der Waals surface area contributed by atoms with Crippen LogP contribution in [0.2, 0.25) is 0 Å². The fourth-order valence-electron chi connectivity index (χ4n) is 3.98. The number of aromatic nitrogens is 2. The first-order valence-corrected chi connectivity index (χ1v) is 15.2. The SMILES string of the molecule is CC[C@@H](O)COc1nc(-c2ccc(OC)cc2)nc(NS(=O)(=O)c2ccc(C(C)(C)C)cc2)c1Oc1ccccc1OC. The van der Waals surface area contributed by atoms with Gasteiger partial charge in [-0.1, -0.05) is 52.0 Å². The summed E-state index contributed by atoms with van der Waals surface area (Å²) in [5.74, 6) is 1.14. The molecule has 0 fully saturated rings. The van der Waals surface area contributed by atoms with E-state index >= 15 is 0 Å². The Bertz CT molecular complexity index is 1640. The molecule has 0 aliphatic carbocycles. The number of anilines is 1. The van der Waals surface area contributed by atoms with Gasteiger partial charge in [0.15, 0.2) is 23.1 Å². The van der Waals surface area contributed by atoms with Crippen molar-refractivity contribution in [2.24, 2.45) is 0 Å². The lowest BCUT2D eigenvalue weighted by Crippen LogP contribution is -2.19. The Morgan fingerprint density at radius 1 is 0.884 bits per heavy atom. The lowest BCUT2D eigenvalue weighted by Gasteiger charge is -2.20. The summed E-state index contributed by atoms with van der Waals surface area (Å²) in [6.07, 6.45) is -0.358. The molecule has 1 atom stereocenters. The summed E-state index contributed by atoms with van der Waals surface area (Å²) in [7, 11) is -1.10. The Morgan fingerprint density at radius 3 is 2.12 bits per heavy atom. The fourth-order valence-corrected chi connectivity index (χ4v) is 4.99. The van der Waals surface area contributed by atoms with E-state index in [9.17, 15) is 13.5 Å². The first kappa shape index (κ1) is 31.6. The highest BCUT2D eigenvalue weighted by atomic mass is 32.2. The van der Waals surface area contributed by atoms with Crippen LogP contribution in [0.5, 0.6) is 28.9 Å². The number of aliphatic hydroxyl groups excluding tert-OH is 1. The molecular weight excluding hydrogens is 570 g/mol. The van der Waals surface area contributed by atoms with Crippen molar-refractivity contribution in [3.05, 3.63) is 78.4 Å². The number of nitrogens with zero attached hydrogens (tertiary/aromatic N) is 2. The van der Waals surface area contributed by atoms with Crippen LogP contribution in [0.1, 0.15) is 39.7 Å². The molecule has 0 radical (unpaired) electrons. The van der Waals surface area contributed by atoms with E-state index in [0.717, 1.165) is 5.56 Å². The van der Waals surface area contributed by atoms with Crippen LogP contribution in [0.3, 0.4) is 0 Å². The summed E-state index contributed by atoms with van der Waals surface area (Å²) in [5.41, 5.74) is 1.40. The number of ether oxygens (including phenoxy) is 4. The third-order valence-electron chi connectivity index (χ3n) is 6.61. The maximum Gasteiger partial charge on any atom is 0.263 e. The van der Waals surface area contributed by atoms with E-state index in [2.05, 4.69) is 35.5 Å².